The molecule has 1 saturated heterocycles. The average molecular weight is 489 g/mol. The van der Waals surface area contributed by atoms with Crippen LogP contribution in [0, 0.1) is 11.3 Å². The Bertz CT molecular complexity index is 647. The number of hydrogen-bond donors (Lipinski definition) is 0. The van der Waals surface area contributed by atoms with Crippen molar-refractivity contribution in [3.8, 4) is 0 Å². The molecular weight excluding hydrogens is 440 g/mol. The Balaban J connectivity index is 3.02. The van der Waals surface area contributed by atoms with Gasteiger partial charge in [-0.05, 0) is 85.4 Å². The lowest BCUT2D eigenvalue weighted by Crippen LogP contribution is -2.54. The molecule has 188 valence electrons. The van der Waals surface area contributed by atoms with Gasteiger partial charge in [-0.15, -0.1) is 18.2 Å². The van der Waals surface area contributed by atoms with Crippen LogP contribution in [0.25, 0.3) is 0 Å². The molecular formula is C26H49ClO4Si. The summed E-state index contributed by atoms with van der Waals surface area (Å²) in [6.45, 7) is 27.5. The van der Waals surface area contributed by atoms with Gasteiger partial charge < -0.3 is 13.9 Å². The Morgan fingerprint density at radius 2 is 1.75 bits per heavy atom. The van der Waals surface area contributed by atoms with Crippen LogP contribution in [0.5, 0.6) is 0 Å². The van der Waals surface area contributed by atoms with Gasteiger partial charge in [0.05, 0.1) is 34.7 Å². The minimum atomic E-state index is -1.92. The van der Waals surface area contributed by atoms with Crippen molar-refractivity contribution in [3.05, 3.63) is 12.7 Å². The highest BCUT2D eigenvalue weighted by Gasteiger charge is 2.47. The van der Waals surface area contributed by atoms with Gasteiger partial charge in [0.15, 0.2) is 8.32 Å². The first-order valence-corrected chi connectivity index (χ1v) is 15.4. The molecule has 1 fully saturated rings. The van der Waals surface area contributed by atoms with Crippen LogP contribution in [0.1, 0.15) is 88.0 Å². The van der Waals surface area contributed by atoms with Gasteiger partial charge in [0.2, 0.25) is 0 Å². The minimum Gasteiger partial charge on any atom is -0.465 e. The SMILES string of the molecule is C=CC(CC[C@@H](COC(=O)C(C)(C)C)[C@@]1(C)CC[C@H](Cl)C(C)(C)O1)O[Si](C)(C)C(C)(C)C. The standard InChI is InChI=1S/C26H49ClO4Si/c1-13-20(30-32(11,12)24(5,6)7)15-14-19(18-29-22(28)23(2,3)4)26(10)17-16-21(27)25(8,9)31-26/h13,19-21H,1,14-18H2,2-12H3/t19-,20?,21-,26+/m0/s1. The second-order valence-electron chi connectivity index (χ2n) is 12.8. The molecule has 4 nitrogen and oxygen atoms in total. The zero-order chi connectivity index (χ0) is 25.2. The van der Waals surface area contributed by atoms with E-state index in [0.717, 1.165) is 25.7 Å². The highest BCUT2D eigenvalue weighted by atomic mass is 35.5. The van der Waals surface area contributed by atoms with Gasteiger partial charge in [0.1, 0.15) is 0 Å². The predicted octanol–water partition coefficient (Wildman–Crippen LogP) is 7.50. The molecule has 4 atom stereocenters. The van der Waals surface area contributed by atoms with Crippen LogP contribution in [-0.2, 0) is 18.7 Å². The van der Waals surface area contributed by atoms with Crippen LogP contribution in [-0.4, -0.2) is 43.6 Å². The summed E-state index contributed by atoms with van der Waals surface area (Å²) in [5, 5.41) is 0.101. The van der Waals surface area contributed by atoms with Gasteiger partial charge in [-0.2, -0.15) is 0 Å². The van der Waals surface area contributed by atoms with E-state index in [2.05, 4.69) is 47.4 Å². The normalized spacial score (nSPS) is 26.3. The fourth-order valence-electron chi connectivity index (χ4n) is 3.87. The van der Waals surface area contributed by atoms with Crippen LogP contribution in [0.2, 0.25) is 18.1 Å². The lowest BCUT2D eigenvalue weighted by molar-refractivity contribution is -0.200. The van der Waals surface area contributed by atoms with Crippen molar-refractivity contribution < 1.29 is 18.7 Å². The first-order chi connectivity index (χ1) is 14.2. The largest absolute Gasteiger partial charge is 0.465 e. The molecule has 1 aliphatic heterocycles. The molecule has 0 aromatic heterocycles. The molecule has 0 saturated carbocycles. The molecule has 0 amide bonds. The maximum Gasteiger partial charge on any atom is 0.311 e. The van der Waals surface area contributed by atoms with Crippen molar-refractivity contribution >= 4 is 25.9 Å². The Labute approximate surface area is 203 Å². The zero-order valence-electron chi connectivity index (χ0n) is 22.6. The van der Waals surface area contributed by atoms with Crippen LogP contribution >= 0.6 is 11.6 Å². The highest BCUT2D eigenvalue weighted by Crippen LogP contribution is 2.44. The number of alkyl halides is 1. The second-order valence-corrected chi connectivity index (χ2v) is 18.1. The number of carbonyl (C=O) groups excluding carboxylic acids is 1. The van der Waals surface area contributed by atoms with Crippen molar-refractivity contribution in [3.63, 3.8) is 0 Å². The fourth-order valence-corrected chi connectivity index (χ4v) is 5.35. The van der Waals surface area contributed by atoms with E-state index in [1.165, 1.54) is 0 Å². The molecule has 1 unspecified atom stereocenters. The van der Waals surface area contributed by atoms with Gasteiger partial charge in [0.25, 0.3) is 0 Å². The van der Waals surface area contributed by atoms with E-state index in [-0.39, 0.29) is 28.4 Å². The topological polar surface area (TPSA) is 44.8 Å². The third kappa shape index (κ3) is 7.85. The van der Waals surface area contributed by atoms with Gasteiger partial charge in [0, 0.05) is 5.92 Å². The van der Waals surface area contributed by atoms with E-state index in [1.54, 1.807) is 0 Å². The molecule has 0 aliphatic carbocycles. The summed E-state index contributed by atoms with van der Waals surface area (Å²) in [4.78, 5) is 12.5. The quantitative estimate of drug-likeness (QED) is 0.146. The van der Waals surface area contributed by atoms with Gasteiger partial charge >= 0.3 is 5.97 Å². The molecule has 1 heterocycles. The van der Waals surface area contributed by atoms with Crippen molar-refractivity contribution in [2.45, 2.75) is 129 Å². The van der Waals surface area contributed by atoms with Crippen molar-refractivity contribution in [1.29, 1.82) is 0 Å². The molecule has 0 radical (unpaired) electrons. The van der Waals surface area contributed by atoms with E-state index < -0.39 is 24.9 Å². The third-order valence-electron chi connectivity index (χ3n) is 7.35. The lowest BCUT2D eigenvalue weighted by Gasteiger charge is -2.50. The van der Waals surface area contributed by atoms with Crippen LogP contribution in [0.15, 0.2) is 12.7 Å². The van der Waals surface area contributed by atoms with Gasteiger partial charge in [-0.1, -0.05) is 26.8 Å². The summed E-state index contributed by atoms with van der Waals surface area (Å²) in [7, 11) is -1.92. The summed E-state index contributed by atoms with van der Waals surface area (Å²) in [5.74, 6) is -0.142. The van der Waals surface area contributed by atoms with E-state index in [9.17, 15) is 4.79 Å². The summed E-state index contributed by atoms with van der Waals surface area (Å²) < 4.78 is 19.0. The number of halogens is 1. The van der Waals surface area contributed by atoms with Crippen molar-refractivity contribution in [2.24, 2.45) is 11.3 Å². The summed E-state index contributed by atoms with van der Waals surface area (Å²) in [5.41, 5.74) is -1.39. The summed E-state index contributed by atoms with van der Waals surface area (Å²) in [6.07, 6.45) is 5.24. The van der Waals surface area contributed by atoms with Crippen LogP contribution in [0.4, 0.5) is 0 Å². The number of ether oxygens (including phenoxy) is 2. The predicted molar refractivity (Wildman–Crippen MR) is 138 cm³/mol. The third-order valence-corrected chi connectivity index (χ3v) is 12.6. The molecule has 6 heteroatoms. The summed E-state index contributed by atoms with van der Waals surface area (Å²) >= 11 is 6.55. The monoisotopic (exact) mass is 488 g/mol. The Kier molecular flexibility index (Phi) is 9.73. The molecule has 0 spiro atoms. The first-order valence-electron chi connectivity index (χ1n) is 12.1. The van der Waals surface area contributed by atoms with E-state index in [0.29, 0.717) is 6.61 Å². The number of carbonyl (C=O) groups is 1. The Morgan fingerprint density at radius 1 is 1.19 bits per heavy atom. The van der Waals surface area contributed by atoms with E-state index in [1.807, 2.05) is 40.7 Å². The minimum absolute atomic E-state index is 0.0299. The van der Waals surface area contributed by atoms with Gasteiger partial charge in [-0.3, -0.25) is 4.79 Å². The second kappa shape index (κ2) is 10.5. The van der Waals surface area contributed by atoms with Gasteiger partial charge in [-0.25, -0.2) is 0 Å². The molecule has 0 aromatic carbocycles. The molecule has 1 aliphatic rings. The van der Waals surface area contributed by atoms with Crippen LogP contribution < -0.4 is 0 Å². The first kappa shape index (κ1) is 29.7. The number of rotatable bonds is 9. The average Bonchev–Trinajstić information content (AvgIpc) is 2.61. The molecule has 1 rings (SSSR count). The summed E-state index contributed by atoms with van der Waals surface area (Å²) in [6, 6.07) is 0. The van der Waals surface area contributed by atoms with E-state index >= 15 is 0 Å². The number of esters is 1. The molecule has 0 aromatic rings. The molecule has 0 N–H and O–H groups in total. The maximum absolute atomic E-state index is 12.5. The lowest BCUT2D eigenvalue weighted by atomic mass is 9.77. The Hall–Kier alpha value is -0.363. The molecule has 0 bridgehead atoms. The fraction of sp³-hybridized carbons (Fsp3) is 0.885. The zero-order valence-corrected chi connectivity index (χ0v) is 24.3. The van der Waals surface area contributed by atoms with Crippen molar-refractivity contribution in [1.82, 2.24) is 0 Å². The highest BCUT2D eigenvalue weighted by molar-refractivity contribution is 6.74. The van der Waals surface area contributed by atoms with E-state index in [4.69, 9.17) is 25.5 Å². The number of hydrogen-bond acceptors (Lipinski definition) is 4. The van der Waals surface area contributed by atoms with Crippen molar-refractivity contribution in [2.75, 3.05) is 6.61 Å². The Morgan fingerprint density at radius 3 is 2.19 bits per heavy atom. The van der Waals surface area contributed by atoms with Crippen LogP contribution in [0.3, 0.4) is 0 Å². The smallest absolute Gasteiger partial charge is 0.311 e. The maximum atomic E-state index is 12.5. The molecule has 32 heavy (non-hydrogen) atoms.